The number of hydrogen-bond acceptors (Lipinski definition) is 4. The number of carbonyl (C=O) groups excluding carboxylic acids is 1. The van der Waals surface area contributed by atoms with E-state index < -0.39 is 16.9 Å². The van der Waals surface area contributed by atoms with Gasteiger partial charge in [0.05, 0.1) is 11.0 Å². The van der Waals surface area contributed by atoms with Crippen LogP contribution in [0.25, 0.3) is 0 Å². The van der Waals surface area contributed by atoms with E-state index in [1.807, 2.05) is 0 Å². The number of aliphatic hydroxyl groups is 1. The number of benzene rings is 1. The summed E-state index contributed by atoms with van der Waals surface area (Å²) in [5.41, 5.74) is -0.391. The number of nitrogens with zero attached hydrogens (tertiary/aromatic N) is 2. The summed E-state index contributed by atoms with van der Waals surface area (Å²) in [6.07, 6.45) is -0.703. The minimum atomic E-state index is -0.703. The Morgan fingerprint density at radius 3 is 2.72 bits per heavy atom. The molecule has 0 fully saturated rings. The molecular weight excluding hydrogens is 260 g/mol. The number of nitro benzene ring substituents is 1. The molecule has 1 aromatic rings. The Morgan fingerprint density at radius 2 is 2.22 bits per heavy atom. The minimum Gasteiger partial charge on any atom is -0.392 e. The predicted octanol–water partition coefficient (Wildman–Crippen LogP) is 1.70. The van der Waals surface area contributed by atoms with E-state index in [1.165, 1.54) is 31.0 Å². The zero-order chi connectivity index (χ0) is 13.9. The molecule has 0 radical (unpaired) electrons. The van der Waals surface area contributed by atoms with Crippen molar-refractivity contribution in [2.24, 2.45) is 0 Å². The summed E-state index contributed by atoms with van der Waals surface area (Å²) in [5.74, 6) is -0.528. The van der Waals surface area contributed by atoms with Crippen LogP contribution in [-0.4, -0.2) is 40.5 Å². The minimum absolute atomic E-state index is 0.0486. The quantitative estimate of drug-likeness (QED) is 0.668. The number of nitro groups is 1. The summed E-state index contributed by atoms with van der Waals surface area (Å²) >= 11 is 5.66. The van der Waals surface area contributed by atoms with Crippen molar-refractivity contribution in [2.45, 2.75) is 13.0 Å². The highest BCUT2D eigenvalue weighted by atomic mass is 35.5. The Balaban J connectivity index is 3.09. The first-order chi connectivity index (χ1) is 8.32. The number of halogens is 1. The zero-order valence-electron chi connectivity index (χ0n) is 9.96. The molecule has 0 aliphatic carbocycles. The fourth-order valence-corrected chi connectivity index (χ4v) is 1.69. The van der Waals surface area contributed by atoms with Crippen molar-refractivity contribution in [1.82, 2.24) is 4.90 Å². The van der Waals surface area contributed by atoms with Crippen LogP contribution < -0.4 is 0 Å². The largest absolute Gasteiger partial charge is 0.392 e. The summed E-state index contributed by atoms with van der Waals surface area (Å²) in [7, 11) is 1.47. The van der Waals surface area contributed by atoms with Crippen molar-refractivity contribution >= 4 is 23.2 Å². The predicted molar refractivity (Wildman–Crippen MR) is 66.7 cm³/mol. The maximum Gasteiger partial charge on any atom is 0.283 e. The number of hydrogen-bond donors (Lipinski definition) is 1. The van der Waals surface area contributed by atoms with Crippen molar-refractivity contribution in [3.63, 3.8) is 0 Å². The third-order valence-electron chi connectivity index (χ3n) is 2.27. The normalized spacial score (nSPS) is 12.0. The molecule has 1 aromatic carbocycles. The van der Waals surface area contributed by atoms with Gasteiger partial charge in [-0.2, -0.15) is 0 Å². The van der Waals surface area contributed by atoms with Crippen LogP contribution in [0.2, 0.25) is 5.02 Å². The van der Waals surface area contributed by atoms with Crippen LogP contribution in [0.5, 0.6) is 0 Å². The molecule has 0 bridgehead atoms. The molecule has 18 heavy (non-hydrogen) atoms. The van der Waals surface area contributed by atoms with Gasteiger partial charge in [0.1, 0.15) is 5.56 Å². The molecule has 98 valence electrons. The number of likely N-dealkylation sites (N-methyl/N-ethyl adjacent to an activating group) is 1. The highest BCUT2D eigenvalue weighted by Gasteiger charge is 2.23. The van der Waals surface area contributed by atoms with Crippen molar-refractivity contribution in [2.75, 3.05) is 13.6 Å². The number of carbonyl (C=O) groups is 1. The number of rotatable bonds is 4. The van der Waals surface area contributed by atoms with E-state index in [0.29, 0.717) is 0 Å². The maximum atomic E-state index is 12.0. The van der Waals surface area contributed by atoms with Crippen LogP contribution in [0.15, 0.2) is 18.2 Å². The van der Waals surface area contributed by atoms with Gasteiger partial charge >= 0.3 is 0 Å². The SMILES string of the molecule is CC(O)CN(C)C(=O)c1ccc(Cl)cc1[N+](=O)[O-]. The molecule has 0 aromatic heterocycles. The lowest BCUT2D eigenvalue weighted by Gasteiger charge is -2.18. The zero-order valence-corrected chi connectivity index (χ0v) is 10.7. The lowest BCUT2D eigenvalue weighted by molar-refractivity contribution is -0.385. The first kappa shape index (κ1) is 14.4. The smallest absolute Gasteiger partial charge is 0.283 e. The molecule has 1 unspecified atom stereocenters. The average molecular weight is 273 g/mol. The second-order valence-corrected chi connectivity index (χ2v) is 4.39. The van der Waals surface area contributed by atoms with E-state index in [9.17, 15) is 20.0 Å². The van der Waals surface area contributed by atoms with Crippen molar-refractivity contribution in [1.29, 1.82) is 0 Å². The van der Waals surface area contributed by atoms with Gasteiger partial charge in [0.25, 0.3) is 11.6 Å². The average Bonchev–Trinajstić information content (AvgIpc) is 2.26. The summed E-state index contributed by atoms with van der Waals surface area (Å²) < 4.78 is 0. The highest BCUT2D eigenvalue weighted by molar-refractivity contribution is 6.31. The summed E-state index contributed by atoms with van der Waals surface area (Å²) in [5, 5.41) is 20.2. The van der Waals surface area contributed by atoms with Gasteiger partial charge in [-0.25, -0.2) is 0 Å². The van der Waals surface area contributed by atoms with E-state index in [4.69, 9.17) is 11.6 Å². The third kappa shape index (κ3) is 3.41. The Kier molecular flexibility index (Phi) is 4.63. The van der Waals surface area contributed by atoms with Crippen LogP contribution in [0.3, 0.4) is 0 Å². The lowest BCUT2D eigenvalue weighted by Crippen LogP contribution is -2.33. The van der Waals surface area contributed by atoms with Crippen LogP contribution in [0, 0.1) is 10.1 Å². The van der Waals surface area contributed by atoms with E-state index in [-0.39, 0.29) is 22.8 Å². The molecule has 7 heteroatoms. The fraction of sp³-hybridized carbons (Fsp3) is 0.364. The van der Waals surface area contributed by atoms with Gasteiger partial charge in [-0.15, -0.1) is 0 Å². The van der Waals surface area contributed by atoms with E-state index in [2.05, 4.69) is 0 Å². The molecule has 6 nitrogen and oxygen atoms in total. The van der Waals surface area contributed by atoms with Crippen molar-refractivity contribution in [3.05, 3.63) is 38.9 Å². The van der Waals surface area contributed by atoms with Gasteiger partial charge in [-0.1, -0.05) is 11.6 Å². The van der Waals surface area contributed by atoms with E-state index >= 15 is 0 Å². The van der Waals surface area contributed by atoms with Crippen LogP contribution in [0.4, 0.5) is 5.69 Å². The Labute approximate surface area is 109 Å². The summed E-state index contributed by atoms with van der Waals surface area (Å²) in [4.78, 5) is 23.4. The van der Waals surface area contributed by atoms with Gasteiger partial charge < -0.3 is 10.0 Å². The molecule has 0 saturated heterocycles. The number of aliphatic hydroxyl groups excluding tert-OH is 1. The standard InChI is InChI=1S/C11H13ClN2O4/c1-7(15)6-13(2)11(16)9-4-3-8(12)5-10(9)14(17)18/h3-5,7,15H,6H2,1-2H3. The molecular formula is C11H13ClN2O4. The second kappa shape index (κ2) is 5.79. The molecule has 1 amide bonds. The Hall–Kier alpha value is -1.66. The lowest BCUT2D eigenvalue weighted by atomic mass is 10.1. The first-order valence-electron chi connectivity index (χ1n) is 5.20. The van der Waals surface area contributed by atoms with Crippen LogP contribution >= 0.6 is 11.6 Å². The molecule has 0 aliphatic rings. The molecule has 1 N–H and O–H groups in total. The van der Waals surface area contributed by atoms with Gasteiger partial charge in [0.2, 0.25) is 0 Å². The van der Waals surface area contributed by atoms with Crippen LogP contribution in [0.1, 0.15) is 17.3 Å². The maximum absolute atomic E-state index is 12.0. The Bertz CT molecular complexity index is 476. The topological polar surface area (TPSA) is 83.7 Å². The Morgan fingerprint density at radius 1 is 1.61 bits per heavy atom. The fourth-order valence-electron chi connectivity index (χ4n) is 1.52. The molecule has 0 heterocycles. The third-order valence-corrected chi connectivity index (χ3v) is 2.51. The molecule has 0 aliphatic heterocycles. The highest BCUT2D eigenvalue weighted by Crippen LogP contribution is 2.24. The molecule has 0 spiro atoms. The van der Waals surface area contributed by atoms with E-state index in [1.54, 1.807) is 0 Å². The van der Waals surface area contributed by atoms with Gasteiger partial charge in [0, 0.05) is 24.7 Å². The van der Waals surface area contributed by atoms with Crippen molar-refractivity contribution < 1.29 is 14.8 Å². The summed E-state index contributed by atoms with van der Waals surface area (Å²) in [6, 6.07) is 3.85. The molecule has 1 rings (SSSR count). The van der Waals surface area contributed by atoms with E-state index in [0.717, 1.165) is 6.07 Å². The molecule has 0 saturated carbocycles. The van der Waals surface area contributed by atoms with Gasteiger partial charge in [-0.05, 0) is 19.1 Å². The monoisotopic (exact) mass is 272 g/mol. The second-order valence-electron chi connectivity index (χ2n) is 3.95. The molecule has 1 atom stereocenters. The first-order valence-corrected chi connectivity index (χ1v) is 5.58. The van der Waals surface area contributed by atoms with Crippen LogP contribution in [-0.2, 0) is 0 Å². The van der Waals surface area contributed by atoms with Gasteiger partial charge in [0.15, 0.2) is 0 Å². The summed E-state index contributed by atoms with van der Waals surface area (Å²) in [6.45, 7) is 1.62. The van der Waals surface area contributed by atoms with Gasteiger partial charge in [-0.3, -0.25) is 14.9 Å². The van der Waals surface area contributed by atoms with Crippen molar-refractivity contribution in [3.8, 4) is 0 Å². The number of amides is 1.